The van der Waals surface area contributed by atoms with E-state index in [0.717, 1.165) is 0 Å². The lowest BCUT2D eigenvalue weighted by Crippen LogP contribution is -2.32. The summed E-state index contributed by atoms with van der Waals surface area (Å²) in [5.41, 5.74) is 2.44. The first kappa shape index (κ1) is 20.0. The van der Waals surface area contributed by atoms with Crippen molar-refractivity contribution in [2.24, 2.45) is 0 Å². The zero-order chi connectivity index (χ0) is 20.5. The highest BCUT2D eigenvalue weighted by molar-refractivity contribution is 7.90. The van der Waals surface area contributed by atoms with Gasteiger partial charge in [0.25, 0.3) is 10.0 Å². The monoisotopic (exact) mass is 404 g/mol. The minimum atomic E-state index is -4.43. The molecular weight excluding hydrogens is 383 g/mol. The van der Waals surface area contributed by atoms with E-state index in [1.165, 1.54) is 12.1 Å². The van der Waals surface area contributed by atoms with E-state index < -0.39 is 39.2 Å². The summed E-state index contributed by atoms with van der Waals surface area (Å²) in [6.45, 7) is 6.21. The molecule has 1 atom stereocenters. The molecule has 0 aromatic heterocycles. The second kappa shape index (κ2) is 7.73. The molecule has 2 aromatic carbocycles. The van der Waals surface area contributed by atoms with Gasteiger partial charge in [-0.05, 0) is 36.6 Å². The summed E-state index contributed by atoms with van der Waals surface area (Å²) in [4.78, 5) is 13.3. The first-order valence-corrected chi connectivity index (χ1v) is 10.2. The molecule has 6 nitrogen and oxygen atoms in total. The van der Waals surface area contributed by atoms with Gasteiger partial charge in [0.1, 0.15) is 10.7 Å². The van der Waals surface area contributed by atoms with Gasteiger partial charge in [-0.3, -0.25) is 4.79 Å². The second-order valence-corrected chi connectivity index (χ2v) is 8.36. The van der Waals surface area contributed by atoms with Crippen LogP contribution in [-0.4, -0.2) is 26.0 Å². The number of hydrogen-bond acceptors (Lipinski definition) is 5. The van der Waals surface area contributed by atoms with E-state index in [2.05, 4.69) is 6.58 Å². The number of benzene rings is 2. The number of aliphatic hydroxyl groups is 1. The Balaban J connectivity index is 1.80. The van der Waals surface area contributed by atoms with Crippen molar-refractivity contribution in [3.63, 3.8) is 0 Å². The van der Waals surface area contributed by atoms with Crippen molar-refractivity contribution in [2.75, 3.05) is 11.4 Å². The zero-order valence-electron chi connectivity index (χ0n) is 15.4. The SMILES string of the molecule is C=C(C)N1CCc2cc(F)c(S(=O)(=O)NC(=O)CC(O)c3ccccc3)cc21. The van der Waals surface area contributed by atoms with Crippen LogP contribution in [0.15, 0.2) is 59.6 Å². The fourth-order valence-corrected chi connectivity index (χ4v) is 4.28. The van der Waals surface area contributed by atoms with Crippen LogP contribution in [0.25, 0.3) is 0 Å². The van der Waals surface area contributed by atoms with Crippen LogP contribution in [0, 0.1) is 5.82 Å². The predicted octanol–water partition coefficient (Wildman–Crippen LogP) is 2.65. The van der Waals surface area contributed by atoms with E-state index >= 15 is 0 Å². The summed E-state index contributed by atoms with van der Waals surface area (Å²) in [6.07, 6.45) is -1.05. The summed E-state index contributed by atoms with van der Waals surface area (Å²) in [5.74, 6) is -1.85. The van der Waals surface area contributed by atoms with Crippen LogP contribution >= 0.6 is 0 Å². The highest BCUT2D eigenvalue weighted by Crippen LogP contribution is 2.34. The molecule has 0 aliphatic carbocycles. The third-order valence-corrected chi connectivity index (χ3v) is 5.98. The molecule has 0 saturated heterocycles. The van der Waals surface area contributed by atoms with Crippen LogP contribution in [0.4, 0.5) is 10.1 Å². The van der Waals surface area contributed by atoms with Gasteiger partial charge in [0, 0.05) is 17.9 Å². The third-order valence-electron chi connectivity index (χ3n) is 4.59. The maximum atomic E-state index is 14.4. The Morgan fingerprint density at radius 2 is 2.00 bits per heavy atom. The summed E-state index contributed by atoms with van der Waals surface area (Å²) in [5, 5.41) is 10.1. The Kier molecular flexibility index (Phi) is 5.53. The van der Waals surface area contributed by atoms with Crippen LogP contribution in [0.2, 0.25) is 0 Å². The van der Waals surface area contributed by atoms with Gasteiger partial charge in [-0.25, -0.2) is 17.5 Å². The zero-order valence-corrected chi connectivity index (χ0v) is 16.2. The van der Waals surface area contributed by atoms with Crippen molar-refractivity contribution in [1.82, 2.24) is 4.72 Å². The molecule has 1 amide bonds. The summed E-state index contributed by atoms with van der Waals surface area (Å²) in [6, 6.07) is 10.8. The van der Waals surface area contributed by atoms with Crippen LogP contribution in [0.1, 0.15) is 30.6 Å². The Hall–Kier alpha value is -2.71. The molecule has 2 N–H and O–H groups in total. The third kappa shape index (κ3) is 4.07. The fourth-order valence-electron chi connectivity index (χ4n) is 3.21. The highest BCUT2D eigenvalue weighted by atomic mass is 32.2. The maximum absolute atomic E-state index is 14.4. The molecule has 1 heterocycles. The number of sulfonamides is 1. The van der Waals surface area contributed by atoms with E-state index in [0.29, 0.717) is 35.5 Å². The Labute approximate surface area is 163 Å². The van der Waals surface area contributed by atoms with Gasteiger partial charge in [-0.2, -0.15) is 0 Å². The largest absolute Gasteiger partial charge is 0.388 e. The molecular formula is C20H21FN2O4S. The number of carbonyl (C=O) groups excluding carboxylic acids is 1. The average molecular weight is 404 g/mol. The molecule has 0 saturated carbocycles. The number of hydrogen-bond donors (Lipinski definition) is 2. The van der Waals surface area contributed by atoms with Gasteiger partial charge in [0.05, 0.1) is 12.5 Å². The Morgan fingerprint density at radius 1 is 1.32 bits per heavy atom. The number of amides is 1. The topological polar surface area (TPSA) is 86.7 Å². The van der Waals surface area contributed by atoms with Gasteiger partial charge in [0.15, 0.2) is 0 Å². The van der Waals surface area contributed by atoms with Gasteiger partial charge in [0.2, 0.25) is 5.91 Å². The van der Waals surface area contributed by atoms with Crippen molar-refractivity contribution >= 4 is 21.6 Å². The first-order valence-electron chi connectivity index (χ1n) is 8.73. The molecule has 148 valence electrons. The molecule has 0 bridgehead atoms. The minimum Gasteiger partial charge on any atom is -0.388 e. The highest BCUT2D eigenvalue weighted by Gasteiger charge is 2.28. The molecule has 3 rings (SSSR count). The van der Waals surface area contributed by atoms with Crippen LogP contribution in [-0.2, 0) is 21.2 Å². The predicted molar refractivity (Wildman–Crippen MR) is 104 cm³/mol. The van der Waals surface area contributed by atoms with Crippen LogP contribution in [0.5, 0.6) is 0 Å². The van der Waals surface area contributed by atoms with Gasteiger partial charge >= 0.3 is 0 Å². The van der Waals surface area contributed by atoms with Crippen LogP contribution < -0.4 is 9.62 Å². The molecule has 1 aliphatic rings. The van der Waals surface area contributed by atoms with Crippen molar-refractivity contribution in [3.8, 4) is 0 Å². The van der Waals surface area contributed by atoms with Crippen molar-refractivity contribution in [2.45, 2.75) is 30.8 Å². The number of allylic oxidation sites excluding steroid dienone is 1. The molecule has 8 heteroatoms. The van der Waals surface area contributed by atoms with Crippen molar-refractivity contribution in [3.05, 3.63) is 71.7 Å². The lowest BCUT2D eigenvalue weighted by Gasteiger charge is -2.20. The standard InChI is InChI=1S/C20H21FN2O4S/c1-13(2)23-9-8-15-10-16(21)19(11-17(15)23)28(26,27)22-20(25)12-18(24)14-6-4-3-5-7-14/h3-7,10-11,18,24H,1,8-9,12H2,2H3,(H,22,25). The minimum absolute atomic E-state index is 0.465. The number of nitrogens with zero attached hydrogens (tertiary/aromatic N) is 1. The van der Waals surface area contributed by atoms with E-state index in [1.807, 2.05) is 4.72 Å². The number of fused-ring (bicyclic) bond motifs is 1. The summed E-state index contributed by atoms with van der Waals surface area (Å²) >= 11 is 0. The van der Waals surface area contributed by atoms with Gasteiger partial charge in [-0.1, -0.05) is 36.9 Å². The number of halogens is 1. The van der Waals surface area contributed by atoms with Crippen molar-refractivity contribution < 1.29 is 22.7 Å². The van der Waals surface area contributed by atoms with E-state index in [4.69, 9.17) is 0 Å². The smallest absolute Gasteiger partial charge is 0.267 e. The maximum Gasteiger partial charge on any atom is 0.267 e. The fraction of sp³-hybridized carbons (Fsp3) is 0.250. The van der Waals surface area contributed by atoms with E-state index in [1.54, 1.807) is 42.2 Å². The number of anilines is 1. The Morgan fingerprint density at radius 3 is 2.64 bits per heavy atom. The molecule has 2 aromatic rings. The van der Waals surface area contributed by atoms with Crippen LogP contribution in [0.3, 0.4) is 0 Å². The number of nitrogens with one attached hydrogen (secondary N) is 1. The Bertz CT molecular complexity index is 1020. The molecule has 1 aliphatic heterocycles. The lowest BCUT2D eigenvalue weighted by atomic mass is 10.1. The second-order valence-electron chi connectivity index (χ2n) is 6.71. The normalized spacial score (nSPS) is 14.5. The lowest BCUT2D eigenvalue weighted by molar-refractivity contribution is -0.121. The molecule has 0 fully saturated rings. The van der Waals surface area contributed by atoms with Gasteiger partial charge in [-0.15, -0.1) is 0 Å². The average Bonchev–Trinajstić information content (AvgIpc) is 3.04. The van der Waals surface area contributed by atoms with Gasteiger partial charge < -0.3 is 10.0 Å². The molecule has 28 heavy (non-hydrogen) atoms. The van der Waals surface area contributed by atoms with Crippen molar-refractivity contribution in [1.29, 1.82) is 0 Å². The molecule has 0 radical (unpaired) electrons. The van der Waals surface area contributed by atoms with E-state index in [-0.39, 0.29) is 0 Å². The van der Waals surface area contributed by atoms with E-state index in [9.17, 15) is 22.7 Å². The molecule has 1 unspecified atom stereocenters. The first-order chi connectivity index (χ1) is 13.2. The summed E-state index contributed by atoms with van der Waals surface area (Å²) < 4.78 is 41.4. The quantitative estimate of drug-likeness (QED) is 0.773. The summed E-state index contributed by atoms with van der Waals surface area (Å²) in [7, 11) is -4.43. The number of aliphatic hydroxyl groups excluding tert-OH is 1. The molecule has 0 spiro atoms. The number of rotatable bonds is 6. The number of carbonyl (C=O) groups is 1.